The summed E-state index contributed by atoms with van der Waals surface area (Å²) in [6.07, 6.45) is 1.35. The number of amides is 2. The van der Waals surface area contributed by atoms with Crippen LogP contribution in [0.1, 0.15) is 0 Å². The van der Waals surface area contributed by atoms with E-state index in [1.165, 1.54) is 36.5 Å². The summed E-state index contributed by atoms with van der Waals surface area (Å²) in [5.41, 5.74) is 0. The molecule has 1 heterocycles. The third-order valence-corrected chi connectivity index (χ3v) is 2.87. The fraction of sp³-hybridized carbons (Fsp3) is 0.133. The number of ether oxygens (including phenoxy) is 1. The third-order valence-electron chi connectivity index (χ3n) is 2.65. The number of carbonyl (C=O) groups excluding carboxylic acids is 2. The number of benzene rings is 1. The van der Waals surface area contributed by atoms with E-state index in [0.717, 1.165) is 0 Å². The van der Waals surface area contributed by atoms with E-state index >= 15 is 0 Å². The number of hydrogen-bond acceptors (Lipinski definition) is 4. The van der Waals surface area contributed by atoms with Crippen LogP contribution in [0.15, 0.2) is 42.6 Å². The molecule has 2 amide bonds. The van der Waals surface area contributed by atoms with Gasteiger partial charge in [-0.05, 0) is 36.4 Å². The lowest BCUT2D eigenvalue weighted by Gasteiger charge is -2.08. The van der Waals surface area contributed by atoms with Gasteiger partial charge < -0.3 is 15.4 Å². The average molecular weight is 338 g/mol. The molecule has 2 rings (SSSR count). The molecular formula is C15H13ClFN3O3. The molecule has 0 aliphatic carbocycles. The predicted octanol–water partition coefficient (Wildman–Crippen LogP) is 2.01. The van der Waals surface area contributed by atoms with Gasteiger partial charge in [-0.15, -0.1) is 0 Å². The van der Waals surface area contributed by atoms with Gasteiger partial charge in [-0.25, -0.2) is 9.37 Å². The van der Waals surface area contributed by atoms with Gasteiger partial charge in [0, 0.05) is 6.20 Å². The number of aromatic nitrogens is 1. The van der Waals surface area contributed by atoms with Crippen molar-refractivity contribution in [2.75, 3.05) is 18.5 Å². The van der Waals surface area contributed by atoms with Crippen molar-refractivity contribution in [1.29, 1.82) is 0 Å². The molecule has 0 radical (unpaired) electrons. The van der Waals surface area contributed by atoms with Crippen molar-refractivity contribution in [3.05, 3.63) is 53.4 Å². The average Bonchev–Trinajstić information content (AvgIpc) is 2.55. The molecule has 120 valence electrons. The van der Waals surface area contributed by atoms with Crippen LogP contribution in [0.4, 0.5) is 10.2 Å². The first kappa shape index (κ1) is 16.7. The quantitative estimate of drug-likeness (QED) is 0.646. The maximum absolute atomic E-state index is 12.7. The van der Waals surface area contributed by atoms with Crippen molar-refractivity contribution in [1.82, 2.24) is 10.3 Å². The van der Waals surface area contributed by atoms with Gasteiger partial charge in [0.1, 0.15) is 24.0 Å². The summed E-state index contributed by atoms with van der Waals surface area (Å²) in [4.78, 5) is 27.1. The van der Waals surface area contributed by atoms with E-state index in [1.807, 2.05) is 0 Å². The lowest BCUT2D eigenvalue weighted by molar-refractivity contribution is -0.136. The summed E-state index contributed by atoms with van der Waals surface area (Å²) in [5.74, 6) is -1.34. The second-order valence-corrected chi connectivity index (χ2v) is 4.81. The number of pyridine rings is 1. The minimum atomic E-state index is -0.846. The van der Waals surface area contributed by atoms with Crippen molar-refractivity contribution in [2.24, 2.45) is 0 Å². The van der Waals surface area contributed by atoms with Crippen LogP contribution in [0.2, 0.25) is 5.02 Å². The zero-order valence-electron chi connectivity index (χ0n) is 11.9. The largest absolute Gasteiger partial charge is 0.492 e. The van der Waals surface area contributed by atoms with Crippen LogP contribution in [0.5, 0.6) is 5.75 Å². The number of anilines is 1. The predicted molar refractivity (Wildman–Crippen MR) is 82.8 cm³/mol. The SMILES string of the molecule is O=C(NCCOc1ccc(F)cc1)C(=O)Nc1ccc(Cl)cn1. The Morgan fingerprint density at radius 3 is 2.52 bits per heavy atom. The standard InChI is InChI=1S/C15H13ClFN3O3/c16-10-1-6-13(19-9-10)20-15(22)14(21)18-7-8-23-12-4-2-11(17)3-5-12/h1-6,9H,7-8H2,(H,18,21)(H,19,20,22). The Balaban J connectivity index is 1.70. The van der Waals surface area contributed by atoms with Gasteiger partial charge in [0.05, 0.1) is 11.6 Å². The summed E-state index contributed by atoms with van der Waals surface area (Å²) in [6.45, 7) is 0.265. The Kier molecular flexibility index (Phi) is 5.87. The van der Waals surface area contributed by atoms with Crippen molar-refractivity contribution >= 4 is 29.2 Å². The minimum absolute atomic E-state index is 0.123. The molecule has 0 bridgehead atoms. The van der Waals surface area contributed by atoms with Crippen LogP contribution in [0.3, 0.4) is 0 Å². The lowest BCUT2D eigenvalue weighted by atomic mass is 10.3. The van der Waals surface area contributed by atoms with E-state index in [0.29, 0.717) is 10.8 Å². The highest BCUT2D eigenvalue weighted by atomic mass is 35.5. The van der Waals surface area contributed by atoms with E-state index in [-0.39, 0.29) is 24.8 Å². The van der Waals surface area contributed by atoms with Crippen molar-refractivity contribution < 1.29 is 18.7 Å². The van der Waals surface area contributed by atoms with Gasteiger partial charge in [-0.1, -0.05) is 11.6 Å². The Hall–Kier alpha value is -2.67. The zero-order chi connectivity index (χ0) is 16.7. The van der Waals surface area contributed by atoms with Gasteiger partial charge in [0.15, 0.2) is 0 Å². The number of hydrogen-bond donors (Lipinski definition) is 2. The topological polar surface area (TPSA) is 80.3 Å². The Bertz CT molecular complexity index is 677. The van der Waals surface area contributed by atoms with Gasteiger partial charge in [0.2, 0.25) is 0 Å². The molecule has 8 heteroatoms. The summed E-state index contributed by atoms with van der Waals surface area (Å²) >= 11 is 5.67. The molecule has 0 aliphatic rings. The van der Waals surface area contributed by atoms with Gasteiger partial charge in [-0.2, -0.15) is 0 Å². The van der Waals surface area contributed by atoms with Crippen LogP contribution in [-0.4, -0.2) is 29.9 Å². The maximum atomic E-state index is 12.7. The van der Waals surface area contributed by atoms with E-state index in [9.17, 15) is 14.0 Å². The van der Waals surface area contributed by atoms with Crippen LogP contribution in [0.25, 0.3) is 0 Å². The van der Waals surface area contributed by atoms with Gasteiger partial charge >= 0.3 is 11.8 Å². The van der Waals surface area contributed by atoms with Crippen molar-refractivity contribution in [3.63, 3.8) is 0 Å². The molecule has 1 aromatic heterocycles. The normalized spacial score (nSPS) is 10.0. The molecule has 0 saturated carbocycles. The van der Waals surface area contributed by atoms with Crippen molar-refractivity contribution in [2.45, 2.75) is 0 Å². The fourth-order valence-electron chi connectivity index (χ4n) is 1.57. The first-order valence-electron chi connectivity index (χ1n) is 6.64. The number of nitrogens with one attached hydrogen (secondary N) is 2. The van der Waals surface area contributed by atoms with Crippen LogP contribution >= 0.6 is 11.6 Å². The highest BCUT2D eigenvalue weighted by molar-refractivity contribution is 6.39. The molecule has 23 heavy (non-hydrogen) atoms. The molecule has 6 nitrogen and oxygen atoms in total. The molecule has 0 fully saturated rings. The molecule has 0 aliphatic heterocycles. The first-order chi connectivity index (χ1) is 11.0. The first-order valence-corrected chi connectivity index (χ1v) is 7.01. The van der Waals surface area contributed by atoms with Crippen LogP contribution < -0.4 is 15.4 Å². The van der Waals surface area contributed by atoms with Crippen molar-refractivity contribution in [3.8, 4) is 5.75 Å². The molecule has 2 aromatic rings. The fourth-order valence-corrected chi connectivity index (χ4v) is 1.68. The Morgan fingerprint density at radius 2 is 1.87 bits per heavy atom. The molecule has 1 aromatic carbocycles. The summed E-state index contributed by atoms with van der Waals surface area (Å²) < 4.78 is 18.0. The maximum Gasteiger partial charge on any atom is 0.314 e. The number of halogens is 2. The molecule has 0 atom stereocenters. The highest BCUT2D eigenvalue weighted by Gasteiger charge is 2.13. The number of rotatable bonds is 5. The Morgan fingerprint density at radius 1 is 1.13 bits per heavy atom. The summed E-state index contributed by atoms with van der Waals surface area (Å²) in [6, 6.07) is 8.48. The van der Waals surface area contributed by atoms with Gasteiger partial charge in [0.25, 0.3) is 0 Å². The van der Waals surface area contributed by atoms with E-state index in [1.54, 1.807) is 6.07 Å². The van der Waals surface area contributed by atoms with E-state index in [2.05, 4.69) is 15.6 Å². The molecule has 0 saturated heterocycles. The van der Waals surface area contributed by atoms with E-state index < -0.39 is 11.8 Å². The van der Waals surface area contributed by atoms with Crippen LogP contribution in [0, 0.1) is 5.82 Å². The second kappa shape index (κ2) is 8.09. The van der Waals surface area contributed by atoms with E-state index in [4.69, 9.17) is 16.3 Å². The summed E-state index contributed by atoms with van der Waals surface area (Å²) in [7, 11) is 0. The highest BCUT2D eigenvalue weighted by Crippen LogP contribution is 2.10. The third kappa shape index (κ3) is 5.55. The molecule has 2 N–H and O–H groups in total. The molecule has 0 unspecified atom stereocenters. The molecular weight excluding hydrogens is 325 g/mol. The van der Waals surface area contributed by atoms with Crippen LogP contribution in [-0.2, 0) is 9.59 Å². The van der Waals surface area contributed by atoms with Gasteiger partial charge in [-0.3, -0.25) is 9.59 Å². The Labute approximate surface area is 136 Å². The number of nitrogens with zero attached hydrogens (tertiary/aromatic N) is 1. The summed E-state index contributed by atoms with van der Waals surface area (Å²) in [5, 5.41) is 5.14. The number of carbonyl (C=O) groups is 2. The smallest absolute Gasteiger partial charge is 0.314 e. The zero-order valence-corrected chi connectivity index (χ0v) is 12.6. The monoisotopic (exact) mass is 337 g/mol. The molecule has 0 spiro atoms. The minimum Gasteiger partial charge on any atom is -0.492 e. The second-order valence-electron chi connectivity index (χ2n) is 4.37. The lowest BCUT2D eigenvalue weighted by Crippen LogP contribution is -2.37.